The lowest BCUT2D eigenvalue weighted by molar-refractivity contribution is -0.384. The van der Waals surface area contributed by atoms with Crippen LogP contribution in [0.15, 0.2) is 12.1 Å². The van der Waals surface area contributed by atoms with Crippen molar-refractivity contribution in [2.75, 3.05) is 25.2 Å². The van der Waals surface area contributed by atoms with Crippen LogP contribution in [0.4, 0.5) is 11.5 Å². The van der Waals surface area contributed by atoms with Crippen molar-refractivity contribution >= 4 is 21.5 Å². The van der Waals surface area contributed by atoms with E-state index in [-0.39, 0.29) is 23.9 Å². The summed E-state index contributed by atoms with van der Waals surface area (Å²) in [6, 6.07) is 2.65. The summed E-state index contributed by atoms with van der Waals surface area (Å²) in [7, 11) is -2.00. The van der Waals surface area contributed by atoms with Gasteiger partial charge in [0.2, 0.25) is 21.7 Å². The molecule has 0 atom stereocenters. The van der Waals surface area contributed by atoms with Gasteiger partial charge in [0.25, 0.3) is 0 Å². The molecule has 1 aromatic heterocycles. The van der Waals surface area contributed by atoms with E-state index in [9.17, 15) is 18.5 Å². The zero-order valence-corrected chi connectivity index (χ0v) is 13.0. The fraction of sp³-hybridized carbons (Fsp3) is 0.545. The average Bonchev–Trinajstić information content (AvgIpc) is 2.33. The third-order valence-corrected chi connectivity index (χ3v) is 3.34. The van der Waals surface area contributed by atoms with E-state index in [1.165, 1.54) is 19.2 Å². The van der Waals surface area contributed by atoms with Crippen LogP contribution in [-0.2, 0) is 10.0 Å². The number of nitrogens with zero attached hydrogens (tertiary/aromatic N) is 2. The zero-order valence-electron chi connectivity index (χ0n) is 12.2. The Balaban J connectivity index is 2.94. The Morgan fingerprint density at radius 3 is 2.52 bits per heavy atom. The summed E-state index contributed by atoms with van der Waals surface area (Å²) >= 11 is 0. The summed E-state index contributed by atoms with van der Waals surface area (Å²) in [5.74, 6) is 0.236. The molecule has 2 N–H and O–H groups in total. The molecule has 9 nitrogen and oxygen atoms in total. The maximum absolute atomic E-state index is 11.3. The van der Waals surface area contributed by atoms with E-state index in [2.05, 4.69) is 15.0 Å². The van der Waals surface area contributed by atoms with Crippen molar-refractivity contribution in [1.82, 2.24) is 9.71 Å². The first-order valence-electron chi connectivity index (χ1n) is 5.96. The summed E-state index contributed by atoms with van der Waals surface area (Å²) in [5.41, 5.74) is -1.06. The molecule has 1 aromatic rings. The molecule has 0 unspecified atom stereocenters. The van der Waals surface area contributed by atoms with Crippen molar-refractivity contribution in [3.05, 3.63) is 22.2 Å². The third-order valence-electron chi connectivity index (χ3n) is 2.41. The van der Waals surface area contributed by atoms with Crippen molar-refractivity contribution in [2.24, 2.45) is 0 Å². The molecule has 0 spiro atoms. The first kappa shape index (κ1) is 17.1. The van der Waals surface area contributed by atoms with Gasteiger partial charge >= 0.3 is 5.69 Å². The van der Waals surface area contributed by atoms with Crippen molar-refractivity contribution < 1.29 is 18.1 Å². The predicted octanol–water partition coefficient (Wildman–Crippen LogP) is 0.738. The van der Waals surface area contributed by atoms with Crippen LogP contribution >= 0.6 is 0 Å². The zero-order chi connectivity index (χ0) is 16.3. The minimum absolute atomic E-state index is 0.0164. The highest BCUT2D eigenvalue weighted by Gasteiger charge is 2.24. The van der Waals surface area contributed by atoms with E-state index < -0.39 is 20.5 Å². The monoisotopic (exact) mass is 318 g/mol. The molecular formula is C11H18N4O5S. The Kier molecular flexibility index (Phi) is 5.07. The standard InChI is InChI=1S/C11H18N4O5S/c1-11(2,14-21(4,18)19)7-12-10-8(15(16)17)5-6-9(13-10)20-3/h5-6,14H,7H2,1-4H3,(H,12,13). The molecule has 1 heterocycles. The Morgan fingerprint density at radius 2 is 2.05 bits per heavy atom. The highest BCUT2D eigenvalue weighted by Crippen LogP contribution is 2.25. The summed E-state index contributed by atoms with van der Waals surface area (Å²) < 4.78 is 29.8. The fourth-order valence-corrected chi connectivity index (χ4v) is 2.74. The normalized spacial score (nSPS) is 12.0. The second-order valence-corrected chi connectivity index (χ2v) is 6.84. The number of aromatic nitrogens is 1. The molecule has 0 bridgehead atoms. The van der Waals surface area contributed by atoms with Crippen LogP contribution in [0.1, 0.15) is 13.8 Å². The summed E-state index contributed by atoms with van der Waals surface area (Å²) in [6.45, 7) is 3.40. The molecule has 0 radical (unpaired) electrons. The van der Waals surface area contributed by atoms with Gasteiger partial charge in [-0.1, -0.05) is 0 Å². The number of nitro groups is 1. The van der Waals surface area contributed by atoms with E-state index in [1.807, 2.05) is 0 Å². The lowest BCUT2D eigenvalue weighted by Crippen LogP contribution is -2.47. The molecule has 118 valence electrons. The number of sulfonamides is 1. The molecule has 10 heteroatoms. The predicted molar refractivity (Wildman–Crippen MR) is 78.0 cm³/mol. The molecular weight excluding hydrogens is 300 g/mol. The fourth-order valence-electron chi connectivity index (χ4n) is 1.67. The summed E-state index contributed by atoms with van der Waals surface area (Å²) in [4.78, 5) is 14.3. The van der Waals surface area contributed by atoms with Crippen LogP contribution in [0.3, 0.4) is 0 Å². The third kappa shape index (κ3) is 5.52. The van der Waals surface area contributed by atoms with E-state index >= 15 is 0 Å². The van der Waals surface area contributed by atoms with Gasteiger partial charge in [0.15, 0.2) is 0 Å². The molecule has 0 aliphatic carbocycles. The maximum atomic E-state index is 11.3. The number of hydrogen-bond acceptors (Lipinski definition) is 7. The minimum Gasteiger partial charge on any atom is -0.481 e. The van der Waals surface area contributed by atoms with E-state index in [4.69, 9.17) is 4.74 Å². The molecule has 0 aromatic carbocycles. The average molecular weight is 318 g/mol. The van der Waals surface area contributed by atoms with E-state index in [1.54, 1.807) is 13.8 Å². The van der Waals surface area contributed by atoms with Gasteiger partial charge in [-0.2, -0.15) is 4.98 Å². The topological polar surface area (TPSA) is 123 Å². The molecule has 0 saturated carbocycles. The quantitative estimate of drug-likeness (QED) is 0.561. The maximum Gasteiger partial charge on any atom is 0.311 e. The van der Waals surface area contributed by atoms with Crippen molar-refractivity contribution in [2.45, 2.75) is 19.4 Å². The van der Waals surface area contributed by atoms with Crippen LogP contribution in [-0.4, -0.2) is 43.8 Å². The number of pyridine rings is 1. The van der Waals surface area contributed by atoms with Gasteiger partial charge in [0, 0.05) is 24.2 Å². The van der Waals surface area contributed by atoms with Gasteiger partial charge in [-0.15, -0.1) is 0 Å². The minimum atomic E-state index is -3.39. The SMILES string of the molecule is COc1ccc([N+](=O)[O-])c(NCC(C)(C)NS(C)(=O)=O)n1. The molecule has 21 heavy (non-hydrogen) atoms. The van der Waals surface area contributed by atoms with Gasteiger partial charge < -0.3 is 10.1 Å². The Morgan fingerprint density at radius 1 is 1.43 bits per heavy atom. The van der Waals surface area contributed by atoms with Crippen molar-refractivity contribution in [3.8, 4) is 5.88 Å². The molecule has 0 aliphatic rings. The lowest BCUT2D eigenvalue weighted by atomic mass is 10.1. The number of nitrogens with one attached hydrogen (secondary N) is 2. The molecule has 0 amide bonds. The molecule has 0 fully saturated rings. The Labute approximate surface area is 122 Å². The molecule has 0 aliphatic heterocycles. The number of methoxy groups -OCH3 is 1. The highest BCUT2D eigenvalue weighted by atomic mass is 32.2. The van der Waals surface area contributed by atoms with Crippen molar-refractivity contribution in [1.29, 1.82) is 0 Å². The van der Waals surface area contributed by atoms with Crippen molar-refractivity contribution in [3.63, 3.8) is 0 Å². The Hall–Kier alpha value is -1.94. The number of ether oxygens (including phenoxy) is 1. The number of hydrogen-bond donors (Lipinski definition) is 2. The number of rotatable bonds is 7. The second-order valence-electron chi connectivity index (χ2n) is 5.09. The van der Waals surface area contributed by atoms with Gasteiger partial charge in [0.05, 0.1) is 18.3 Å². The van der Waals surface area contributed by atoms with Crippen LogP contribution in [0, 0.1) is 10.1 Å². The van der Waals surface area contributed by atoms with E-state index in [0.717, 1.165) is 6.26 Å². The van der Waals surface area contributed by atoms with Gasteiger partial charge in [-0.05, 0) is 13.8 Å². The summed E-state index contributed by atoms with van der Waals surface area (Å²) in [5, 5.41) is 13.7. The van der Waals surface area contributed by atoms with Crippen LogP contribution < -0.4 is 14.8 Å². The summed E-state index contributed by atoms with van der Waals surface area (Å²) in [6.07, 6.45) is 1.04. The van der Waals surface area contributed by atoms with E-state index in [0.29, 0.717) is 0 Å². The Bertz CT molecular complexity index is 630. The van der Waals surface area contributed by atoms with Gasteiger partial charge in [0.1, 0.15) is 0 Å². The van der Waals surface area contributed by atoms with Gasteiger partial charge in [-0.3, -0.25) is 10.1 Å². The smallest absolute Gasteiger partial charge is 0.311 e. The largest absolute Gasteiger partial charge is 0.481 e. The molecule has 0 saturated heterocycles. The van der Waals surface area contributed by atoms with Crippen LogP contribution in [0.5, 0.6) is 5.88 Å². The highest BCUT2D eigenvalue weighted by molar-refractivity contribution is 7.88. The first-order chi connectivity index (χ1) is 9.54. The lowest BCUT2D eigenvalue weighted by Gasteiger charge is -2.25. The van der Waals surface area contributed by atoms with Crippen LogP contribution in [0.2, 0.25) is 0 Å². The van der Waals surface area contributed by atoms with Gasteiger partial charge in [-0.25, -0.2) is 13.1 Å². The van der Waals surface area contributed by atoms with Crippen LogP contribution in [0.25, 0.3) is 0 Å². The number of anilines is 1. The molecule has 1 rings (SSSR count). The first-order valence-corrected chi connectivity index (χ1v) is 7.85. The second kappa shape index (κ2) is 6.22.